The van der Waals surface area contributed by atoms with E-state index in [1.165, 1.54) is 19.3 Å². The number of para-hydroxylation sites is 1. The zero-order valence-electron chi connectivity index (χ0n) is 14.5. The van der Waals surface area contributed by atoms with Crippen LogP contribution in [0.5, 0.6) is 0 Å². The van der Waals surface area contributed by atoms with Crippen molar-refractivity contribution in [3.05, 3.63) is 42.5 Å². The molecular weight excluding hydrogens is 312 g/mol. The van der Waals surface area contributed by atoms with E-state index >= 15 is 0 Å². The van der Waals surface area contributed by atoms with Crippen molar-refractivity contribution in [2.24, 2.45) is 0 Å². The Kier molecular flexibility index (Phi) is 4.35. The van der Waals surface area contributed by atoms with E-state index in [2.05, 4.69) is 22.8 Å². The zero-order chi connectivity index (χ0) is 17.2. The van der Waals surface area contributed by atoms with Gasteiger partial charge in [-0.25, -0.2) is 0 Å². The topological polar surface area (TPSA) is 54.3 Å². The maximum Gasteiger partial charge on any atom is 0.242 e. The van der Waals surface area contributed by atoms with Crippen LogP contribution in [-0.2, 0) is 4.79 Å². The number of amides is 1. The van der Waals surface area contributed by atoms with Gasteiger partial charge in [-0.05, 0) is 44.0 Å². The van der Waals surface area contributed by atoms with Gasteiger partial charge in [-0.15, -0.1) is 0 Å². The minimum Gasteiger partial charge on any atom is -0.456 e. The van der Waals surface area contributed by atoms with Crippen LogP contribution in [0, 0.1) is 0 Å². The molecule has 1 saturated carbocycles. The van der Waals surface area contributed by atoms with Crippen LogP contribution in [0.25, 0.3) is 21.9 Å². The molecule has 1 amide bonds. The third-order valence-corrected chi connectivity index (χ3v) is 5.10. The molecule has 1 aliphatic carbocycles. The highest BCUT2D eigenvalue weighted by molar-refractivity contribution is 6.06. The summed E-state index contributed by atoms with van der Waals surface area (Å²) in [6.07, 6.45) is 5.93. The molecule has 0 spiro atoms. The molecule has 1 aromatic heterocycles. The Morgan fingerprint density at radius 1 is 1.04 bits per heavy atom. The summed E-state index contributed by atoms with van der Waals surface area (Å²) in [6, 6.07) is 14.1. The van der Waals surface area contributed by atoms with Gasteiger partial charge in [0.25, 0.3) is 0 Å². The van der Waals surface area contributed by atoms with Crippen LogP contribution in [0.2, 0.25) is 0 Å². The third kappa shape index (κ3) is 3.34. The van der Waals surface area contributed by atoms with Crippen LogP contribution >= 0.6 is 0 Å². The van der Waals surface area contributed by atoms with Gasteiger partial charge in [-0.2, -0.15) is 0 Å². The molecule has 1 fully saturated rings. The average Bonchev–Trinajstić information content (AvgIpc) is 3.00. The van der Waals surface area contributed by atoms with Crippen LogP contribution in [0.1, 0.15) is 39.0 Å². The Morgan fingerprint density at radius 2 is 1.80 bits per heavy atom. The summed E-state index contributed by atoms with van der Waals surface area (Å²) < 4.78 is 5.85. The molecule has 4 nitrogen and oxygen atoms in total. The molecule has 1 aliphatic rings. The van der Waals surface area contributed by atoms with E-state index in [0.29, 0.717) is 6.04 Å². The fraction of sp³-hybridized carbons (Fsp3) is 0.381. The molecule has 4 heteroatoms. The van der Waals surface area contributed by atoms with Gasteiger partial charge in [-0.1, -0.05) is 37.5 Å². The minimum absolute atomic E-state index is 0.0732. The number of furan rings is 1. The SMILES string of the molecule is C[C@@H](Nc1ccc2oc3ccccc3c2c1)C(=O)NC1CCCCC1. The molecule has 0 bridgehead atoms. The van der Waals surface area contributed by atoms with E-state index in [1.54, 1.807) is 0 Å². The Hall–Kier alpha value is -2.49. The fourth-order valence-electron chi connectivity index (χ4n) is 3.70. The number of anilines is 1. The highest BCUT2D eigenvalue weighted by atomic mass is 16.3. The molecule has 0 saturated heterocycles. The molecule has 2 aromatic carbocycles. The van der Waals surface area contributed by atoms with Crippen LogP contribution in [0.4, 0.5) is 5.69 Å². The van der Waals surface area contributed by atoms with E-state index in [-0.39, 0.29) is 11.9 Å². The van der Waals surface area contributed by atoms with Gasteiger partial charge in [0.2, 0.25) is 5.91 Å². The largest absolute Gasteiger partial charge is 0.456 e. The number of fused-ring (bicyclic) bond motifs is 3. The van der Waals surface area contributed by atoms with E-state index in [9.17, 15) is 4.79 Å². The van der Waals surface area contributed by atoms with Gasteiger partial charge in [-0.3, -0.25) is 4.79 Å². The van der Waals surface area contributed by atoms with Crippen LogP contribution in [0.3, 0.4) is 0 Å². The number of carbonyl (C=O) groups excluding carboxylic acids is 1. The van der Waals surface area contributed by atoms with Crippen molar-refractivity contribution >= 4 is 33.5 Å². The standard InChI is InChI=1S/C21H24N2O2/c1-14(21(24)23-15-7-3-2-4-8-15)22-16-11-12-20-18(13-16)17-9-5-6-10-19(17)25-20/h5-6,9-15,22H,2-4,7-8H2,1H3,(H,23,24)/t14-/m1/s1. The van der Waals surface area contributed by atoms with Gasteiger partial charge in [0.1, 0.15) is 17.2 Å². The molecule has 25 heavy (non-hydrogen) atoms. The molecule has 1 atom stereocenters. The first kappa shape index (κ1) is 16.0. The molecule has 1 heterocycles. The number of nitrogens with one attached hydrogen (secondary N) is 2. The van der Waals surface area contributed by atoms with Crippen LogP contribution < -0.4 is 10.6 Å². The fourth-order valence-corrected chi connectivity index (χ4v) is 3.70. The average molecular weight is 336 g/mol. The molecule has 0 unspecified atom stereocenters. The second kappa shape index (κ2) is 6.79. The second-order valence-electron chi connectivity index (χ2n) is 7.02. The van der Waals surface area contributed by atoms with E-state index < -0.39 is 0 Å². The van der Waals surface area contributed by atoms with Gasteiger partial charge in [0, 0.05) is 22.5 Å². The summed E-state index contributed by atoms with van der Waals surface area (Å²) in [4.78, 5) is 12.4. The Morgan fingerprint density at radius 3 is 2.64 bits per heavy atom. The van der Waals surface area contributed by atoms with Crippen LogP contribution in [0.15, 0.2) is 46.9 Å². The number of rotatable bonds is 4. The number of hydrogen-bond acceptors (Lipinski definition) is 3. The van der Waals surface area contributed by atoms with Crippen molar-refractivity contribution in [3.8, 4) is 0 Å². The zero-order valence-corrected chi connectivity index (χ0v) is 14.5. The van der Waals surface area contributed by atoms with E-state index in [4.69, 9.17) is 4.42 Å². The molecule has 4 rings (SSSR count). The summed E-state index contributed by atoms with van der Waals surface area (Å²) >= 11 is 0. The first-order valence-corrected chi connectivity index (χ1v) is 9.19. The smallest absolute Gasteiger partial charge is 0.242 e. The van der Waals surface area contributed by atoms with Gasteiger partial charge >= 0.3 is 0 Å². The van der Waals surface area contributed by atoms with Crippen molar-refractivity contribution in [2.75, 3.05) is 5.32 Å². The first-order chi connectivity index (χ1) is 12.2. The predicted molar refractivity (Wildman–Crippen MR) is 102 cm³/mol. The molecule has 3 aromatic rings. The van der Waals surface area contributed by atoms with Gasteiger partial charge in [0.05, 0.1) is 0 Å². The Bertz CT molecular complexity index is 893. The lowest BCUT2D eigenvalue weighted by Crippen LogP contribution is -2.43. The van der Waals surface area contributed by atoms with E-state index in [0.717, 1.165) is 40.5 Å². The Labute approximate surface area is 147 Å². The lowest BCUT2D eigenvalue weighted by atomic mass is 9.95. The predicted octanol–water partition coefficient (Wildman–Crippen LogP) is 4.84. The lowest BCUT2D eigenvalue weighted by molar-refractivity contribution is -0.122. The van der Waals surface area contributed by atoms with E-state index in [1.807, 2.05) is 37.3 Å². The van der Waals surface area contributed by atoms with Crippen molar-refractivity contribution in [3.63, 3.8) is 0 Å². The second-order valence-corrected chi connectivity index (χ2v) is 7.02. The highest BCUT2D eigenvalue weighted by Crippen LogP contribution is 2.30. The van der Waals surface area contributed by atoms with Crippen molar-refractivity contribution in [2.45, 2.75) is 51.1 Å². The Balaban J connectivity index is 1.49. The number of carbonyl (C=O) groups is 1. The lowest BCUT2D eigenvalue weighted by Gasteiger charge is -2.25. The summed E-state index contributed by atoms with van der Waals surface area (Å²) in [6.45, 7) is 1.91. The third-order valence-electron chi connectivity index (χ3n) is 5.10. The maximum absolute atomic E-state index is 12.4. The monoisotopic (exact) mass is 336 g/mol. The maximum atomic E-state index is 12.4. The number of hydrogen-bond donors (Lipinski definition) is 2. The van der Waals surface area contributed by atoms with Crippen molar-refractivity contribution in [1.82, 2.24) is 5.32 Å². The van der Waals surface area contributed by atoms with Gasteiger partial charge < -0.3 is 15.1 Å². The normalized spacial score (nSPS) is 16.8. The minimum atomic E-state index is -0.266. The quantitative estimate of drug-likeness (QED) is 0.717. The van der Waals surface area contributed by atoms with Crippen molar-refractivity contribution < 1.29 is 9.21 Å². The molecule has 2 N–H and O–H groups in total. The van der Waals surface area contributed by atoms with Crippen molar-refractivity contribution in [1.29, 1.82) is 0 Å². The summed E-state index contributed by atoms with van der Waals surface area (Å²) in [5.41, 5.74) is 2.69. The summed E-state index contributed by atoms with van der Waals surface area (Å²) in [7, 11) is 0. The van der Waals surface area contributed by atoms with Gasteiger partial charge in [0.15, 0.2) is 0 Å². The molecule has 0 aliphatic heterocycles. The number of benzene rings is 2. The molecule has 0 radical (unpaired) electrons. The molecular formula is C21H24N2O2. The summed E-state index contributed by atoms with van der Waals surface area (Å²) in [5, 5.41) is 8.67. The molecule has 130 valence electrons. The first-order valence-electron chi connectivity index (χ1n) is 9.19. The highest BCUT2D eigenvalue weighted by Gasteiger charge is 2.19. The van der Waals surface area contributed by atoms with Crippen LogP contribution in [-0.4, -0.2) is 18.0 Å². The summed E-state index contributed by atoms with van der Waals surface area (Å²) in [5.74, 6) is 0.0732.